The average molecular weight is 239 g/mol. The highest BCUT2D eigenvalue weighted by Crippen LogP contribution is 2.27. The van der Waals surface area contributed by atoms with Gasteiger partial charge < -0.3 is 4.74 Å². The van der Waals surface area contributed by atoms with Crippen molar-refractivity contribution < 1.29 is 4.74 Å². The van der Waals surface area contributed by atoms with Crippen LogP contribution in [0.1, 0.15) is 31.4 Å². The van der Waals surface area contributed by atoms with Gasteiger partial charge in [-0.05, 0) is 55.5 Å². The summed E-state index contributed by atoms with van der Waals surface area (Å²) in [5, 5.41) is 1.13. The van der Waals surface area contributed by atoms with Crippen LogP contribution in [0.3, 0.4) is 0 Å². The van der Waals surface area contributed by atoms with E-state index >= 15 is 0 Å². The molecular formula is C16H17NO. The van der Waals surface area contributed by atoms with Crippen LogP contribution in [0.5, 0.6) is 5.75 Å². The van der Waals surface area contributed by atoms with Crippen LogP contribution in [0, 0.1) is 0 Å². The summed E-state index contributed by atoms with van der Waals surface area (Å²) in [7, 11) is 1.69. The number of pyridine rings is 1. The second kappa shape index (κ2) is 4.81. The third-order valence-corrected chi connectivity index (χ3v) is 3.52. The van der Waals surface area contributed by atoms with Gasteiger partial charge in [-0.15, -0.1) is 0 Å². The first-order chi connectivity index (χ1) is 8.86. The zero-order chi connectivity index (χ0) is 12.4. The van der Waals surface area contributed by atoms with Crippen molar-refractivity contribution in [3.63, 3.8) is 0 Å². The normalized spacial score (nSPS) is 15.5. The molecule has 1 aromatic heterocycles. The third-order valence-electron chi connectivity index (χ3n) is 3.52. The molecular weight excluding hydrogens is 222 g/mol. The molecule has 2 aromatic rings. The van der Waals surface area contributed by atoms with Crippen LogP contribution >= 0.6 is 0 Å². The van der Waals surface area contributed by atoms with E-state index in [2.05, 4.69) is 18.2 Å². The highest BCUT2D eigenvalue weighted by atomic mass is 16.5. The van der Waals surface area contributed by atoms with Crippen LogP contribution in [-0.4, -0.2) is 12.1 Å². The summed E-state index contributed by atoms with van der Waals surface area (Å²) in [6, 6.07) is 10.3. The lowest BCUT2D eigenvalue weighted by Gasteiger charge is -2.12. The zero-order valence-corrected chi connectivity index (χ0v) is 10.6. The maximum Gasteiger partial charge on any atom is 0.119 e. The van der Waals surface area contributed by atoms with Crippen molar-refractivity contribution in [3.8, 4) is 5.75 Å². The lowest BCUT2D eigenvalue weighted by molar-refractivity contribution is 0.415. The number of aromatic nitrogens is 1. The van der Waals surface area contributed by atoms with Crippen molar-refractivity contribution in [1.29, 1.82) is 0 Å². The van der Waals surface area contributed by atoms with Gasteiger partial charge in [0.2, 0.25) is 0 Å². The van der Waals surface area contributed by atoms with Crippen molar-refractivity contribution in [2.24, 2.45) is 0 Å². The highest BCUT2D eigenvalue weighted by Gasteiger charge is 2.08. The highest BCUT2D eigenvalue weighted by molar-refractivity contribution is 5.82. The van der Waals surface area contributed by atoms with Crippen LogP contribution in [-0.2, 0) is 0 Å². The van der Waals surface area contributed by atoms with Crippen LogP contribution in [0.15, 0.2) is 36.4 Å². The molecule has 0 spiro atoms. The number of allylic oxidation sites excluding steroid dienone is 2. The van der Waals surface area contributed by atoms with Crippen molar-refractivity contribution in [2.45, 2.75) is 25.7 Å². The van der Waals surface area contributed by atoms with E-state index in [1.807, 2.05) is 18.2 Å². The molecule has 2 heteroatoms. The average Bonchev–Trinajstić information content (AvgIpc) is 2.47. The minimum atomic E-state index is 0.883. The maximum absolute atomic E-state index is 5.23. The van der Waals surface area contributed by atoms with E-state index < -0.39 is 0 Å². The minimum absolute atomic E-state index is 0.883. The van der Waals surface area contributed by atoms with Crippen LogP contribution in [0.4, 0.5) is 0 Å². The first-order valence-corrected chi connectivity index (χ1v) is 6.51. The second-order valence-corrected chi connectivity index (χ2v) is 4.73. The molecule has 1 aromatic carbocycles. The van der Waals surface area contributed by atoms with Gasteiger partial charge in [0.05, 0.1) is 18.3 Å². The molecule has 0 bridgehead atoms. The fourth-order valence-corrected chi connectivity index (χ4v) is 2.48. The van der Waals surface area contributed by atoms with Gasteiger partial charge in [-0.25, -0.2) is 4.98 Å². The summed E-state index contributed by atoms with van der Waals surface area (Å²) in [6.45, 7) is 0. The SMILES string of the molecule is COc1ccc2nc(C3=CCCCC3)ccc2c1. The van der Waals surface area contributed by atoms with Crippen LogP contribution < -0.4 is 4.74 Å². The van der Waals surface area contributed by atoms with Gasteiger partial charge in [0.25, 0.3) is 0 Å². The number of rotatable bonds is 2. The maximum atomic E-state index is 5.23. The number of hydrogen-bond acceptors (Lipinski definition) is 2. The topological polar surface area (TPSA) is 22.1 Å². The number of benzene rings is 1. The van der Waals surface area contributed by atoms with Gasteiger partial charge in [0.15, 0.2) is 0 Å². The molecule has 2 nitrogen and oxygen atoms in total. The summed E-state index contributed by atoms with van der Waals surface area (Å²) in [5.41, 5.74) is 3.58. The standard InChI is InChI=1S/C16H17NO/c1-18-14-8-10-16-13(11-14)7-9-15(17-16)12-5-3-2-4-6-12/h5,7-11H,2-4,6H2,1H3. The third kappa shape index (κ3) is 2.10. The molecule has 0 amide bonds. The van der Waals surface area contributed by atoms with E-state index in [9.17, 15) is 0 Å². The number of nitrogens with zero attached hydrogens (tertiary/aromatic N) is 1. The van der Waals surface area contributed by atoms with Crippen molar-refractivity contribution >= 4 is 16.5 Å². The smallest absolute Gasteiger partial charge is 0.119 e. The molecule has 0 saturated carbocycles. The summed E-state index contributed by atoms with van der Waals surface area (Å²) in [5.74, 6) is 0.883. The lowest BCUT2D eigenvalue weighted by Crippen LogP contribution is -1.95. The molecule has 1 aliphatic rings. The minimum Gasteiger partial charge on any atom is -0.497 e. The molecule has 1 aliphatic carbocycles. The Balaban J connectivity index is 2.03. The molecule has 0 fully saturated rings. The lowest BCUT2D eigenvalue weighted by atomic mass is 9.96. The first kappa shape index (κ1) is 11.3. The van der Waals surface area contributed by atoms with Crippen molar-refractivity contribution in [3.05, 3.63) is 42.1 Å². The van der Waals surface area contributed by atoms with Gasteiger partial charge in [-0.2, -0.15) is 0 Å². The van der Waals surface area contributed by atoms with Crippen LogP contribution in [0.25, 0.3) is 16.5 Å². The summed E-state index contributed by atoms with van der Waals surface area (Å²) in [6.07, 6.45) is 7.29. The molecule has 0 N–H and O–H groups in total. The number of fused-ring (bicyclic) bond motifs is 1. The van der Waals surface area contributed by atoms with E-state index in [1.54, 1.807) is 7.11 Å². The monoisotopic (exact) mass is 239 g/mol. The summed E-state index contributed by atoms with van der Waals surface area (Å²) < 4.78 is 5.23. The van der Waals surface area contributed by atoms with E-state index in [0.29, 0.717) is 0 Å². The Morgan fingerprint density at radius 3 is 2.83 bits per heavy atom. The number of methoxy groups -OCH3 is 1. The van der Waals surface area contributed by atoms with Crippen LogP contribution in [0.2, 0.25) is 0 Å². The number of ether oxygens (including phenoxy) is 1. The predicted molar refractivity (Wildman–Crippen MR) is 74.7 cm³/mol. The Kier molecular flexibility index (Phi) is 3.01. The Bertz CT molecular complexity index is 601. The van der Waals surface area contributed by atoms with Gasteiger partial charge >= 0.3 is 0 Å². The summed E-state index contributed by atoms with van der Waals surface area (Å²) >= 11 is 0. The molecule has 0 saturated heterocycles. The molecule has 0 unspecified atom stereocenters. The molecule has 0 atom stereocenters. The fraction of sp³-hybridized carbons (Fsp3) is 0.312. The Hall–Kier alpha value is -1.83. The summed E-state index contributed by atoms with van der Waals surface area (Å²) in [4.78, 5) is 4.75. The van der Waals surface area contributed by atoms with Gasteiger partial charge in [0.1, 0.15) is 5.75 Å². The number of hydrogen-bond donors (Lipinski definition) is 0. The van der Waals surface area contributed by atoms with Crippen molar-refractivity contribution in [1.82, 2.24) is 4.98 Å². The Morgan fingerprint density at radius 2 is 2.06 bits per heavy atom. The molecule has 1 heterocycles. The largest absolute Gasteiger partial charge is 0.497 e. The molecule has 92 valence electrons. The van der Waals surface area contributed by atoms with Gasteiger partial charge in [-0.1, -0.05) is 12.1 Å². The Labute approximate surface area is 107 Å². The second-order valence-electron chi connectivity index (χ2n) is 4.73. The Morgan fingerprint density at radius 1 is 1.11 bits per heavy atom. The zero-order valence-electron chi connectivity index (χ0n) is 10.6. The first-order valence-electron chi connectivity index (χ1n) is 6.51. The van der Waals surface area contributed by atoms with Gasteiger partial charge in [0, 0.05) is 5.39 Å². The van der Waals surface area contributed by atoms with E-state index in [0.717, 1.165) is 28.8 Å². The van der Waals surface area contributed by atoms with Crippen molar-refractivity contribution in [2.75, 3.05) is 7.11 Å². The molecule has 3 rings (SSSR count). The van der Waals surface area contributed by atoms with E-state index in [-0.39, 0.29) is 0 Å². The van der Waals surface area contributed by atoms with Gasteiger partial charge in [-0.3, -0.25) is 0 Å². The molecule has 0 aliphatic heterocycles. The predicted octanol–water partition coefficient (Wildman–Crippen LogP) is 4.20. The molecule has 0 radical (unpaired) electrons. The van der Waals surface area contributed by atoms with E-state index in [1.165, 1.54) is 24.8 Å². The van der Waals surface area contributed by atoms with E-state index in [4.69, 9.17) is 9.72 Å². The fourth-order valence-electron chi connectivity index (χ4n) is 2.48. The molecule has 18 heavy (non-hydrogen) atoms. The quantitative estimate of drug-likeness (QED) is 0.783.